The summed E-state index contributed by atoms with van der Waals surface area (Å²) >= 11 is 0. The van der Waals surface area contributed by atoms with E-state index >= 15 is 0 Å². The van der Waals surface area contributed by atoms with Gasteiger partial charge >= 0.3 is 6.18 Å². The summed E-state index contributed by atoms with van der Waals surface area (Å²) in [6.45, 7) is 0. The summed E-state index contributed by atoms with van der Waals surface area (Å²) in [6.07, 6.45) is 3.10. The molecule has 1 atom stereocenters. The standard InChI is InChI=1S/C16H21F4N/c17-14-10-12(7-8-13(14)16(18,19)20)15(21)9-11-5-3-1-2-4-6-11/h7-8,10-11,15H,1-6,9,21H2. The molecule has 0 radical (unpaired) electrons. The Hall–Kier alpha value is -1.10. The van der Waals surface area contributed by atoms with Crippen LogP contribution in [0.2, 0.25) is 0 Å². The van der Waals surface area contributed by atoms with Crippen molar-refractivity contribution in [3.8, 4) is 0 Å². The van der Waals surface area contributed by atoms with Crippen LogP contribution in [0.25, 0.3) is 0 Å². The van der Waals surface area contributed by atoms with Crippen molar-refractivity contribution in [3.05, 3.63) is 35.1 Å². The second-order valence-electron chi connectivity index (χ2n) is 5.94. The molecule has 1 aliphatic carbocycles. The van der Waals surface area contributed by atoms with Crippen LogP contribution in [0.1, 0.15) is 62.1 Å². The smallest absolute Gasteiger partial charge is 0.324 e. The number of alkyl halides is 3. The number of halogens is 4. The Bertz CT molecular complexity index is 462. The van der Waals surface area contributed by atoms with Crippen LogP contribution in [0.5, 0.6) is 0 Å². The van der Waals surface area contributed by atoms with E-state index in [4.69, 9.17) is 5.73 Å². The fourth-order valence-corrected chi connectivity index (χ4v) is 3.09. The van der Waals surface area contributed by atoms with Crippen molar-refractivity contribution in [1.29, 1.82) is 0 Å². The Kier molecular flexibility index (Phi) is 5.25. The predicted octanol–water partition coefficient (Wildman–Crippen LogP) is 5.20. The lowest BCUT2D eigenvalue weighted by Crippen LogP contribution is -2.17. The van der Waals surface area contributed by atoms with E-state index < -0.39 is 23.6 Å². The molecule has 0 amide bonds. The fraction of sp³-hybridized carbons (Fsp3) is 0.625. The van der Waals surface area contributed by atoms with Crippen LogP contribution in [0.3, 0.4) is 0 Å². The third-order valence-corrected chi connectivity index (χ3v) is 4.29. The van der Waals surface area contributed by atoms with Gasteiger partial charge < -0.3 is 5.73 Å². The maximum absolute atomic E-state index is 13.6. The van der Waals surface area contributed by atoms with Gasteiger partial charge in [-0.15, -0.1) is 0 Å². The molecular formula is C16H21F4N. The van der Waals surface area contributed by atoms with E-state index in [1.807, 2.05) is 0 Å². The molecule has 0 aliphatic heterocycles. The molecule has 1 nitrogen and oxygen atoms in total. The Morgan fingerprint density at radius 2 is 1.71 bits per heavy atom. The van der Waals surface area contributed by atoms with E-state index in [9.17, 15) is 17.6 Å². The SMILES string of the molecule is NC(CC1CCCCCC1)c1ccc(C(F)(F)F)c(F)c1. The number of nitrogens with two attached hydrogens (primary N) is 1. The van der Waals surface area contributed by atoms with Gasteiger partial charge in [-0.3, -0.25) is 0 Å². The van der Waals surface area contributed by atoms with Crippen molar-refractivity contribution >= 4 is 0 Å². The molecule has 1 aliphatic rings. The minimum absolute atomic E-state index is 0.398. The molecule has 0 bridgehead atoms. The van der Waals surface area contributed by atoms with Crippen molar-refractivity contribution in [2.45, 2.75) is 57.2 Å². The minimum Gasteiger partial charge on any atom is -0.324 e. The first kappa shape index (κ1) is 16.3. The first-order valence-electron chi connectivity index (χ1n) is 7.50. The average Bonchev–Trinajstić information content (AvgIpc) is 2.65. The molecule has 21 heavy (non-hydrogen) atoms. The van der Waals surface area contributed by atoms with Crippen LogP contribution < -0.4 is 5.73 Å². The molecule has 5 heteroatoms. The predicted molar refractivity (Wildman–Crippen MR) is 74.1 cm³/mol. The summed E-state index contributed by atoms with van der Waals surface area (Å²) in [7, 11) is 0. The van der Waals surface area contributed by atoms with Crippen molar-refractivity contribution in [2.75, 3.05) is 0 Å². The summed E-state index contributed by atoms with van der Waals surface area (Å²) in [5.41, 5.74) is 5.28. The molecule has 0 saturated heterocycles. The molecule has 1 aromatic rings. The zero-order chi connectivity index (χ0) is 15.5. The highest BCUT2D eigenvalue weighted by Crippen LogP contribution is 2.34. The molecule has 1 unspecified atom stereocenters. The quantitative estimate of drug-likeness (QED) is 0.602. The Morgan fingerprint density at radius 3 is 2.24 bits per heavy atom. The zero-order valence-electron chi connectivity index (χ0n) is 11.9. The maximum atomic E-state index is 13.6. The Labute approximate surface area is 122 Å². The van der Waals surface area contributed by atoms with Gasteiger partial charge in [-0.1, -0.05) is 44.6 Å². The van der Waals surface area contributed by atoms with Gasteiger partial charge in [0, 0.05) is 6.04 Å². The molecule has 2 rings (SSSR count). The van der Waals surface area contributed by atoms with Gasteiger partial charge in [0.1, 0.15) is 5.82 Å². The minimum atomic E-state index is -4.66. The zero-order valence-corrected chi connectivity index (χ0v) is 11.9. The van der Waals surface area contributed by atoms with Crippen LogP contribution in [0.15, 0.2) is 18.2 Å². The van der Waals surface area contributed by atoms with Gasteiger partial charge in [-0.2, -0.15) is 13.2 Å². The maximum Gasteiger partial charge on any atom is 0.419 e. The molecule has 1 fully saturated rings. The first-order chi connectivity index (χ1) is 9.88. The Balaban J connectivity index is 2.05. The monoisotopic (exact) mass is 303 g/mol. The summed E-state index contributed by atoms with van der Waals surface area (Å²) in [5, 5.41) is 0. The molecule has 118 valence electrons. The highest BCUT2D eigenvalue weighted by atomic mass is 19.4. The van der Waals surface area contributed by atoms with Crippen LogP contribution >= 0.6 is 0 Å². The van der Waals surface area contributed by atoms with Gasteiger partial charge in [0.05, 0.1) is 5.56 Å². The van der Waals surface area contributed by atoms with Crippen molar-refractivity contribution in [1.82, 2.24) is 0 Å². The first-order valence-corrected chi connectivity index (χ1v) is 7.50. The Morgan fingerprint density at radius 1 is 1.10 bits per heavy atom. The van der Waals surface area contributed by atoms with Crippen molar-refractivity contribution in [3.63, 3.8) is 0 Å². The highest BCUT2D eigenvalue weighted by Gasteiger charge is 2.34. The average molecular weight is 303 g/mol. The van der Waals surface area contributed by atoms with Crippen molar-refractivity contribution < 1.29 is 17.6 Å². The van der Waals surface area contributed by atoms with Crippen LogP contribution in [-0.4, -0.2) is 0 Å². The molecule has 0 spiro atoms. The number of hydrogen-bond acceptors (Lipinski definition) is 1. The van der Waals surface area contributed by atoms with E-state index in [0.717, 1.165) is 25.0 Å². The van der Waals surface area contributed by atoms with Gasteiger partial charge in [-0.25, -0.2) is 4.39 Å². The van der Waals surface area contributed by atoms with Gasteiger partial charge in [0.25, 0.3) is 0 Å². The number of benzene rings is 1. The van der Waals surface area contributed by atoms with E-state index in [-0.39, 0.29) is 0 Å². The second-order valence-corrected chi connectivity index (χ2v) is 5.94. The lowest BCUT2D eigenvalue weighted by Gasteiger charge is -2.20. The molecular weight excluding hydrogens is 282 g/mol. The van der Waals surface area contributed by atoms with E-state index in [1.54, 1.807) is 0 Å². The van der Waals surface area contributed by atoms with E-state index in [2.05, 4.69) is 0 Å². The van der Waals surface area contributed by atoms with Crippen LogP contribution in [-0.2, 0) is 6.18 Å². The van der Waals surface area contributed by atoms with Gasteiger partial charge in [-0.05, 0) is 30.0 Å². The lowest BCUT2D eigenvalue weighted by molar-refractivity contribution is -0.140. The summed E-state index contributed by atoms with van der Waals surface area (Å²) in [6, 6.07) is 2.62. The molecule has 1 aromatic carbocycles. The number of hydrogen-bond donors (Lipinski definition) is 1. The molecule has 0 aromatic heterocycles. The summed E-state index contributed by atoms with van der Waals surface area (Å²) in [4.78, 5) is 0. The molecule has 2 N–H and O–H groups in total. The molecule has 1 saturated carbocycles. The summed E-state index contributed by atoms with van der Waals surface area (Å²) < 4.78 is 51.2. The van der Waals surface area contributed by atoms with Crippen molar-refractivity contribution in [2.24, 2.45) is 11.7 Å². The van der Waals surface area contributed by atoms with E-state index in [0.29, 0.717) is 17.9 Å². The van der Waals surface area contributed by atoms with Gasteiger partial charge in [0.2, 0.25) is 0 Å². The third-order valence-electron chi connectivity index (χ3n) is 4.29. The van der Waals surface area contributed by atoms with Crippen LogP contribution in [0.4, 0.5) is 17.6 Å². The second kappa shape index (κ2) is 6.77. The highest BCUT2D eigenvalue weighted by molar-refractivity contribution is 5.28. The summed E-state index contributed by atoms with van der Waals surface area (Å²) in [5.74, 6) is -0.746. The largest absolute Gasteiger partial charge is 0.419 e. The topological polar surface area (TPSA) is 26.0 Å². The molecule has 0 heterocycles. The van der Waals surface area contributed by atoms with Crippen LogP contribution in [0, 0.1) is 11.7 Å². The lowest BCUT2D eigenvalue weighted by atomic mass is 9.89. The fourth-order valence-electron chi connectivity index (χ4n) is 3.09. The third kappa shape index (κ3) is 4.43. The van der Waals surface area contributed by atoms with E-state index in [1.165, 1.54) is 31.7 Å². The van der Waals surface area contributed by atoms with Gasteiger partial charge in [0.15, 0.2) is 0 Å². The number of rotatable bonds is 3. The normalized spacial score (nSPS) is 19.3.